The Morgan fingerprint density at radius 3 is 2.50 bits per heavy atom. The highest BCUT2D eigenvalue weighted by molar-refractivity contribution is 5.92. The SMILES string of the molecule is COc1ccccc1N1CCN(C(=O)c2ccnn2C)CC1. The van der Waals surface area contributed by atoms with E-state index in [4.69, 9.17) is 4.74 Å². The highest BCUT2D eigenvalue weighted by atomic mass is 16.5. The Labute approximate surface area is 129 Å². The Morgan fingerprint density at radius 2 is 1.86 bits per heavy atom. The first-order chi connectivity index (χ1) is 10.7. The summed E-state index contributed by atoms with van der Waals surface area (Å²) in [6, 6.07) is 9.74. The van der Waals surface area contributed by atoms with Gasteiger partial charge in [0.1, 0.15) is 11.4 Å². The Hall–Kier alpha value is -2.50. The number of methoxy groups -OCH3 is 1. The zero-order valence-corrected chi connectivity index (χ0v) is 12.9. The van der Waals surface area contributed by atoms with Crippen molar-refractivity contribution < 1.29 is 9.53 Å². The van der Waals surface area contributed by atoms with Crippen molar-refractivity contribution in [2.24, 2.45) is 7.05 Å². The molecule has 0 spiro atoms. The van der Waals surface area contributed by atoms with Gasteiger partial charge in [0.2, 0.25) is 0 Å². The number of benzene rings is 1. The molecule has 0 atom stereocenters. The van der Waals surface area contributed by atoms with E-state index in [-0.39, 0.29) is 5.91 Å². The van der Waals surface area contributed by atoms with E-state index in [1.165, 1.54) is 0 Å². The fraction of sp³-hybridized carbons (Fsp3) is 0.375. The first-order valence-corrected chi connectivity index (χ1v) is 7.36. The third-order valence-electron chi connectivity index (χ3n) is 4.03. The molecule has 2 aromatic rings. The lowest BCUT2D eigenvalue weighted by atomic mass is 10.2. The van der Waals surface area contributed by atoms with Gasteiger partial charge < -0.3 is 14.5 Å². The molecular formula is C16H20N4O2. The van der Waals surface area contributed by atoms with Crippen molar-refractivity contribution in [3.8, 4) is 5.75 Å². The lowest BCUT2D eigenvalue weighted by Crippen LogP contribution is -2.49. The average Bonchev–Trinajstić information content (AvgIpc) is 3.00. The maximum Gasteiger partial charge on any atom is 0.272 e. The molecule has 0 radical (unpaired) electrons. The van der Waals surface area contributed by atoms with Gasteiger partial charge in [-0.15, -0.1) is 0 Å². The second kappa shape index (κ2) is 6.09. The van der Waals surface area contributed by atoms with Gasteiger partial charge in [0.05, 0.1) is 12.8 Å². The molecular weight excluding hydrogens is 280 g/mol. The number of carbonyl (C=O) groups excluding carboxylic acids is 1. The number of ether oxygens (including phenoxy) is 1. The summed E-state index contributed by atoms with van der Waals surface area (Å²) in [5.74, 6) is 0.911. The molecule has 1 aliphatic heterocycles. The normalized spacial score (nSPS) is 15.0. The van der Waals surface area contributed by atoms with Crippen molar-refractivity contribution in [3.63, 3.8) is 0 Å². The van der Waals surface area contributed by atoms with Gasteiger partial charge in [-0.1, -0.05) is 12.1 Å². The third-order valence-corrected chi connectivity index (χ3v) is 4.03. The van der Waals surface area contributed by atoms with Crippen LogP contribution in [0.2, 0.25) is 0 Å². The molecule has 0 N–H and O–H groups in total. The predicted octanol–water partition coefficient (Wildman–Crippen LogP) is 1.39. The van der Waals surface area contributed by atoms with Crippen LogP contribution in [0.3, 0.4) is 0 Å². The fourth-order valence-electron chi connectivity index (χ4n) is 2.79. The molecule has 1 amide bonds. The summed E-state index contributed by atoms with van der Waals surface area (Å²) in [5.41, 5.74) is 1.71. The van der Waals surface area contributed by atoms with Crippen LogP contribution in [-0.4, -0.2) is 53.9 Å². The molecule has 0 aliphatic carbocycles. The Bertz CT molecular complexity index is 660. The van der Waals surface area contributed by atoms with Crippen LogP contribution in [0.5, 0.6) is 5.75 Å². The number of amides is 1. The van der Waals surface area contributed by atoms with Gasteiger partial charge in [0, 0.05) is 39.4 Å². The van der Waals surface area contributed by atoms with Crippen molar-refractivity contribution in [2.75, 3.05) is 38.2 Å². The smallest absolute Gasteiger partial charge is 0.272 e. The second-order valence-electron chi connectivity index (χ2n) is 5.29. The number of rotatable bonds is 3. The predicted molar refractivity (Wildman–Crippen MR) is 84.3 cm³/mol. The molecule has 1 saturated heterocycles. The number of hydrogen-bond acceptors (Lipinski definition) is 4. The van der Waals surface area contributed by atoms with Crippen molar-refractivity contribution in [1.82, 2.24) is 14.7 Å². The summed E-state index contributed by atoms with van der Waals surface area (Å²) in [6.45, 7) is 2.98. The van der Waals surface area contributed by atoms with Crippen LogP contribution in [0.25, 0.3) is 0 Å². The zero-order chi connectivity index (χ0) is 15.5. The molecule has 116 valence electrons. The minimum Gasteiger partial charge on any atom is -0.495 e. The molecule has 2 heterocycles. The van der Waals surface area contributed by atoms with E-state index in [0.717, 1.165) is 24.5 Å². The molecule has 6 nitrogen and oxygen atoms in total. The number of nitrogens with zero attached hydrogens (tertiary/aromatic N) is 4. The number of anilines is 1. The highest BCUT2D eigenvalue weighted by Gasteiger charge is 2.24. The first kappa shape index (κ1) is 14.4. The van der Waals surface area contributed by atoms with E-state index in [1.807, 2.05) is 23.1 Å². The highest BCUT2D eigenvalue weighted by Crippen LogP contribution is 2.28. The average molecular weight is 300 g/mol. The van der Waals surface area contributed by atoms with Gasteiger partial charge in [0.15, 0.2) is 0 Å². The molecule has 22 heavy (non-hydrogen) atoms. The largest absolute Gasteiger partial charge is 0.495 e. The van der Waals surface area contributed by atoms with Crippen LogP contribution < -0.4 is 9.64 Å². The van der Waals surface area contributed by atoms with Crippen molar-refractivity contribution in [2.45, 2.75) is 0 Å². The molecule has 0 saturated carbocycles. The topological polar surface area (TPSA) is 50.6 Å². The molecule has 1 fully saturated rings. The molecule has 0 bridgehead atoms. The van der Waals surface area contributed by atoms with Crippen molar-refractivity contribution >= 4 is 11.6 Å². The van der Waals surface area contributed by atoms with Gasteiger partial charge >= 0.3 is 0 Å². The molecule has 1 aromatic heterocycles. The number of aryl methyl sites for hydroxylation is 1. The van der Waals surface area contributed by atoms with Crippen LogP contribution in [-0.2, 0) is 7.05 Å². The number of carbonyl (C=O) groups is 1. The van der Waals surface area contributed by atoms with Gasteiger partial charge in [0.25, 0.3) is 5.91 Å². The van der Waals surface area contributed by atoms with E-state index in [0.29, 0.717) is 18.8 Å². The van der Waals surface area contributed by atoms with Crippen LogP contribution in [0.4, 0.5) is 5.69 Å². The Balaban J connectivity index is 1.68. The standard InChI is InChI=1S/C16H20N4O2/c1-18-14(7-8-17-18)16(21)20-11-9-19(10-12-20)13-5-3-4-6-15(13)22-2/h3-8H,9-12H2,1-2H3. The summed E-state index contributed by atoms with van der Waals surface area (Å²) < 4.78 is 7.03. The number of piperazine rings is 1. The van der Waals surface area contributed by atoms with Crippen molar-refractivity contribution in [1.29, 1.82) is 0 Å². The van der Waals surface area contributed by atoms with Crippen LogP contribution >= 0.6 is 0 Å². The van der Waals surface area contributed by atoms with Crippen LogP contribution in [0.15, 0.2) is 36.5 Å². The third kappa shape index (κ3) is 2.64. The van der Waals surface area contributed by atoms with E-state index < -0.39 is 0 Å². The number of aromatic nitrogens is 2. The van der Waals surface area contributed by atoms with E-state index in [2.05, 4.69) is 16.1 Å². The second-order valence-corrected chi connectivity index (χ2v) is 5.29. The summed E-state index contributed by atoms with van der Waals surface area (Å²) in [6.07, 6.45) is 1.65. The summed E-state index contributed by atoms with van der Waals surface area (Å²) >= 11 is 0. The van der Waals surface area contributed by atoms with Gasteiger partial charge in [-0.25, -0.2) is 0 Å². The summed E-state index contributed by atoms with van der Waals surface area (Å²) in [4.78, 5) is 16.6. The summed E-state index contributed by atoms with van der Waals surface area (Å²) in [7, 11) is 3.47. The Morgan fingerprint density at radius 1 is 1.14 bits per heavy atom. The maximum atomic E-state index is 12.5. The lowest BCUT2D eigenvalue weighted by molar-refractivity contribution is 0.0735. The Kier molecular flexibility index (Phi) is 4.00. The lowest BCUT2D eigenvalue weighted by Gasteiger charge is -2.36. The summed E-state index contributed by atoms with van der Waals surface area (Å²) in [5, 5.41) is 4.06. The molecule has 1 aliphatic rings. The minimum absolute atomic E-state index is 0.0414. The minimum atomic E-state index is 0.0414. The first-order valence-electron chi connectivity index (χ1n) is 7.36. The van der Waals surface area contributed by atoms with E-state index in [9.17, 15) is 4.79 Å². The van der Waals surface area contributed by atoms with E-state index in [1.54, 1.807) is 31.1 Å². The van der Waals surface area contributed by atoms with Gasteiger partial charge in [-0.2, -0.15) is 5.10 Å². The molecule has 3 rings (SSSR count). The molecule has 1 aromatic carbocycles. The zero-order valence-electron chi connectivity index (χ0n) is 12.9. The van der Waals surface area contributed by atoms with E-state index >= 15 is 0 Å². The molecule has 0 unspecified atom stereocenters. The molecule has 6 heteroatoms. The van der Waals surface area contributed by atoms with Gasteiger partial charge in [-0.3, -0.25) is 9.48 Å². The van der Waals surface area contributed by atoms with Crippen molar-refractivity contribution in [3.05, 3.63) is 42.2 Å². The fourth-order valence-corrected chi connectivity index (χ4v) is 2.79. The van der Waals surface area contributed by atoms with Crippen LogP contribution in [0, 0.1) is 0 Å². The quantitative estimate of drug-likeness (QED) is 0.859. The van der Waals surface area contributed by atoms with Gasteiger partial charge in [-0.05, 0) is 18.2 Å². The van der Waals surface area contributed by atoms with Crippen LogP contribution in [0.1, 0.15) is 10.5 Å². The number of hydrogen-bond donors (Lipinski definition) is 0. The maximum absolute atomic E-state index is 12.5. The number of para-hydroxylation sites is 2. The monoisotopic (exact) mass is 300 g/mol.